The number of hydrogen-bond acceptors (Lipinski definition) is 3. The van der Waals surface area contributed by atoms with E-state index in [4.69, 9.17) is 4.74 Å². The van der Waals surface area contributed by atoms with E-state index in [0.29, 0.717) is 12.4 Å². The first-order chi connectivity index (χ1) is 17.9. The summed E-state index contributed by atoms with van der Waals surface area (Å²) in [5.74, 6) is -0.169. The number of hydrogen-bond donors (Lipinski definition) is 1. The van der Waals surface area contributed by atoms with Crippen molar-refractivity contribution in [2.75, 3.05) is 6.61 Å². The average Bonchev–Trinajstić information content (AvgIpc) is 2.84. The van der Waals surface area contributed by atoms with Crippen molar-refractivity contribution in [3.05, 3.63) is 28.8 Å². The van der Waals surface area contributed by atoms with E-state index in [0.717, 1.165) is 29.5 Å². The zero-order chi connectivity index (χ0) is 28.6. The van der Waals surface area contributed by atoms with Crippen LogP contribution in [0.25, 0.3) is 0 Å². The van der Waals surface area contributed by atoms with Crippen molar-refractivity contribution in [1.82, 2.24) is 0 Å². The van der Waals surface area contributed by atoms with E-state index in [1.165, 1.54) is 89.9 Å². The fourth-order valence-electron chi connectivity index (χ4n) is 5.13. The molecule has 0 amide bonds. The van der Waals surface area contributed by atoms with E-state index in [1.807, 2.05) is 19.1 Å². The molecule has 0 radical (unpaired) electrons. The summed E-state index contributed by atoms with van der Waals surface area (Å²) in [7, 11) is 0. The highest BCUT2D eigenvalue weighted by Gasteiger charge is 2.29. The van der Waals surface area contributed by atoms with Crippen molar-refractivity contribution in [1.29, 1.82) is 0 Å². The summed E-state index contributed by atoms with van der Waals surface area (Å²) in [6, 6.07) is 3.98. The fraction of sp³-hybridized carbons (Fsp3) is 0.800. The number of unbranched alkanes of at least 4 members (excludes halogenated alkanes) is 15. The SMILES string of the molecule is CCCCCCCCCCCCCCCCCCOC(=O)C(C)c1cc(C(C)(C)C)c(O)c(C(C)(C)C)c1. The fourth-order valence-corrected chi connectivity index (χ4v) is 5.13. The van der Waals surface area contributed by atoms with E-state index in [1.54, 1.807) is 0 Å². The van der Waals surface area contributed by atoms with Gasteiger partial charge in [0.25, 0.3) is 0 Å². The van der Waals surface area contributed by atoms with Gasteiger partial charge in [0, 0.05) is 0 Å². The first-order valence-electron chi connectivity index (χ1n) is 15.9. The molecule has 0 aliphatic heterocycles. The van der Waals surface area contributed by atoms with Gasteiger partial charge in [-0.05, 0) is 40.9 Å². The van der Waals surface area contributed by atoms with Gasteiger partial charge >= 0.3 is 5.97 Å². The Balaban J connectivity index is 2.25. The molecule has 1 N–H and O–H groups in total. The largest absolute Gasteiger partial charge is 0.507 e. The molecular formula is C35H62O3. The second-order valence-electron chi connectivity index (χ2n) is 13.7. The first-order valence-corrected chi connectivity index (χ1v) is 15.9. The van der Waals surface area contributed by atoms with E-state index in [9.17, 15) is 9.90 Å². The third-order valence-corrected chi connectivity index (χ3v) is 7.84. The highest BCUT2D eigenvalue weighted by Crippen LogP contribution is 2.41. The monoisotopic (exact) mass is 530 g/mol. The summed E-state index contributed by atoms with van der Waals surface area (Å²) in [6.45, 7) is 17.3. The van der Waals surface area contributed by atoms with Crippen LogP contribution in [0, 0.1) is 0 Å². The van der Waals surface area contributed by atoms with Gasteiger partial charge in [-0.3, -0.25) is 4.79 Å². The van der Waals surface area contributed by atoms with Crippen LogP contribution in [0.4, 0.5) is 0 Å². The molecule has 1 aromatic rings. The quantitative estimate of drug-likeness (QED) is 0.143. The number of benzene rings is 1. The van der Waals surface area contributed by atoms with Crippen LogP contribution >= 0.6 is 0 Å². The molecule has 1 unspecified atom stereocenters. The van der Waals surface area contributed by atoms with Gasteiger partial charge in [0.15, 0.2) is 0 Å². The van der Waals surface area contributed by atoms with Crippen molar-refractivity contribution in [2.24, 2.45) is 0 Å². The average molecular weight is 531 g/mol. The molecule has 0 aliphatic carbocycles. The summed E-state index contributed by atoms with van der Waals surface area (Å²) in [4.78, 5) is 12.8. The van der Waals surface area contributed by atoms with Crippen LogP contribution in [0.2, 0.25) is 0 Å². The van der Waals surface area contributed by atoms with Crippen molar-refractivity contribution >= 4 is 5.97 Å². The van der Waals surface area contributed by atoms with E-state index >= 15 is 0 Å². The van der Waals surface area contributed by atoms with Crippen LogP contribution in [-0.4, -0.2) is 17.7 Å². The number of phenols is 1. The van der Waals surface area contributed by atoms with Gasteiger partial charge in [0.2, 0.25) is 0 Å². The third-order valence-electron chi connectivity index (χ3n) is 7.84. The molecule has 3 heteroatoms. The minimum Gasteiger partial charge on any atom is -0.507 e. The maximum absolute atomic E-state index is 12.8. The molecule has 3 nitrogen and oxygen atoms in total. The zero-order valence-electron chi connectivity index (χ0n) is 26.5. The number of carbonyl (C=O) groups is 1. The Morgan fingerprint density at radius 2 is 1.03 bits per heavy atom. The van der Waals surface area contributed by atoms with Crippen molar-refractivity contribution in [3.63, 3.8) is 0 Å². The molecule has 0 spiro atoms. The molecule has 0 aliphatic rings. The van der Waals surface area contributed by atoms with Crippen LogP contribution < -0.4 is 0 Å². The smallest absolute Gasteiger partial charge is 0.313 e. The number of aromatic hydroxyl groups is 1. The molecule has 1 rings (SSSR count). The summed E-state index contributed by atoms with van der Waals surface area (Å²) < 4.78 is 5.66. The number of rotatable bonds is 19. The van der Waals surface area contributed by atoms with Gasteiger partial charge in [-0.25, -0.2) is 0 Å². The van der Waals surface area contributed by atoms with Gasteiger partial charge in [-0.15, -0.1) is 0 Å². The van der Waals surface area contributed by atoms with E-state index < -0.39 is 0 Å². The normalized spacial score (nSPS) is 13.1. The molecular weight excluding hydrogens is 468 g/mol. The van der Waals surface area contributed by atoms with Gasteiger partial charge in [0.1, 0.15) is 5.75 Å². The number of esters is 1. The minimum absolute atomic E-state index is 0.170. The molecule has 0 bridgehead atoms. The third kappa shape index (κ3) is 13.5. The zero-order valence-corrected chi connectivity index (χ0v) is 26.5. The number of phenolic OH excluding ortho intramolecular Hbond substituents is 1. The van der Waals surface area contributed by atoms with Gasteiger partial charge < -0.3 is 9.84 Å². The first kappa shape index (κ1) is 34.5. The molecule has 0 aromatic heterocycles. The Morgan fingerprint density at radius 3 is 1.37 bits per heavy atom. The second-order valence-corrected chi connectivity index (χ2v) is 13.7. The predicted molar refractivity (Wildman–Crippen MR) is 164 cm³/mol. The lowest BCUT2D eigenvalue weighted by molar-refractivity contribution is -0.145. The van der Waals surface area contributed by atoms with Gasteiger partial charge in [0.05, 0.1) is 12.5 Å². The maximum Gasteiger partial charge on any atom is 0.313 e. The van der Waals surface area contributed by atoms with Gasteiger partial charge in [-0.2, -0.15) is 0 Å². The van der Waals surface area contributed by atoms with Crippen molar-refractivity contribution in [2.45, 2.75) is 175 Å². The van der Waals surface area contributed by atoms with Crippen LogP contribution in [0.5, 0.6) is 5.75 Å². The minimum atomic E-state index is -0.348. The Hall–Kier alpha value is -1.51. The Bertz CT molecular complexity index is 746. The standard InChI is InChI=1S/C35H62O3/c1-9-10-11-12-13-14-15-16-17-18-19-20-21-22-23-24-25-38-33(37)28(2)29-26-30(34(3,4)5)32(36)31(27-29)35(6,7)8/h26-28,36H,9-25H2,1-8H3. The Morgan fingerprint density at radius 1 is 0.684 bits per heavy atom. The van der Waals surface area contributed by atoms with Crippen LogP contribution in [0.1, 0.15) is 181 Å². The second kappa shape index (κ2) is 18.0. The highest BCUT2D eigenvalue weighted by atomic mass is 16.5. The lowest BCUT2D eigenvalue weighted by atomic mass is 9.77. The molecule has 0 saturated carbocycles. The van der Waals surface area contributed by atoms with E-state index in [2.05, 4.69) is 48.5 Å². The summed E-state index contributed by atoms with van der Waals surface area (Å²) in [5.41, 5.74) is 2.28. The lowest BCUT2D eigenvalue weighted by Crippen LogP contribution is -2.20. The van der Waals surface area contributed by atoms with E-state index in [-0.39, 0.29) is 22.7 Å². The van der Waals surface area contributed by atoms with Crippen molar-refractivity contribution < 1.29 is 14.6 Å². The number of carbonyl (C=O) groups excluding carboxylic acids is 1. The Kier molecular flexibility index (Phi) is 16.3. The lowest BCUT2D eigenvalue weighted by Gasteiger charge is -2.29. The maximum atomic E-state index is 12.8. The van der Waals surface area contributed by atoms with Crippen LogP contribution in [0.3, 0.4) is 0 Å². The molecule has 0 saturated heterocycles. The van der Waals surface area contributed by atoms with Crippen LogP contribution in [-0.2, 0) is 20.4 Å². The molecule has 1 aromatic carbocycles. The predicted octanol–water partition coefficient (Wildman–Crippen LogP) is 10.9. The Labute approximate surface area is 236 Å². The van der Waals surface area contributed by atoms with Gasteiger partial charge in [-0.1, -0.05) is 157 Å². The molecule has 0 fully saturated rings. The summed E-state index contributed by atoms with van der Waals surface area (Å²) in [5, 5.41) is 11.0. The molecule has 220 valence electrons. The molecule has 1 atom stereocenters. The van der Waals surface area contributed by atoms with Crippen molar-refractivity contribution in [3.8, 4) is 5.75 Å². The molecule has 38 heavy (non-hydrogen) atoms. The molecule has 0 heterocycles. The summed E-state index contributed by atoms with van der Waals surface area (Å²) in [6.07, 6.45) is 21.4. The highest BCUT2D eigenvalue weighted by molar-refractivity contribution is 5.78. The number of ether oxygens (including phenoxy) is 1. The summed E-state index contributed by atoms with van der Waals surface area (Å²) >= 11 is 0. The van der Waals surface area contributed by atoms with Crippen LogP contribution in [0.15, 0.2) is 12.1 Å². The topological polar surface area (TPSA) is 46.5 Å².